The summed E-state index contributed by atoms with van der Waals surface area (Å²) in [6.07, 6.45) is 7.39. The van der Waals surface area contributed by atoms with Crippen LogP contribution >= 0.6 is 12.2 Å². The van der Waals surface area contributed by atoms with E-state index in [4.69, 9.17) is 12.2 Å². The lowest BCUT2D eigenvalue weighted by atomic mass is 10.2. The molecule has 1 amide bonds. The fourth-order valence-corrected chi connectivity index (χ4v) is 3.56. The summed E-state index contributed by atoms with van der Waals surface area (Å²) in [5.41, 5.74) is 0. The van der Waals surface area contributed by atoms with Crippen LogP contribution in [0.25, 0.3) is 0 Å². The molecule has 0 unspecified atom stereocenters. The zero-order valence-electron chi connectivity index (χ0n) is 13.4. The van der Waals surface area contributed by atoms with E-state index in [1.54, 1.807) is 0 Å². The van der Waals surface area contributed by atoms with E-state index < -0.39 is 0 Å². The lowest BCUT2D eigenvalue weighted by Gasteiger charge is -2.36. The van der Waals surface area contributed by atoms with Crippen LogP contribution in [0, 0.1) is 0 Å². The minimum absolute atomic E-state index is 0.314. The number of likely N-dealkylation sites (tertiary alicyclic amines) is 1. The predicted octanol–water partition coefficient (Wildman–Crippen LogP) is 1.04. The van der Waals surface area contributed by atoms with E-state index in [9.17, 15) is 4.79 Å². The number of thiocarbonyl (C=S) groups is 1. The Balaban J connectivity index is 1.39. The predicted molar refractivity (Wildman–Crippen MR) is 91.8 cm³/mol. The van der Waals surface area contributed by atoms with Gasteiger partial charge >= 0.3 is 0 Å². The molecule has 3 aliphatic rings. The van der Waals surface area contributed by atoms with E-state index in [-0.39, 0.29) is 0 Å². The van der Waals surface area contributed by atoms with Crippen molar-refractivity contribution in [3.8, 4) is 0 Å². The second kappa shape index (κ2) is 7.59. The van der Waals surface area contributed by atoms with Crippen LogP contribution in [0.3, 0.4) is 0 Å². The van der Waals surface area contributed by atoms with Gasteiger partial charge in [-0.2, -0.15) is 0 Å². The van der Waals surface area contributed by atoms with Gasteiger partial charge in [0.2, 0.25) is 5.91 Å². The highest BCUT2D eigenvalue weighted by Crippen LogP contribution is 2.19. The van der Waals surface area contributed by atoms with Crippen LogP contribution in [0.5, 0.6) is 0 Å². The Morgan fingerprint density at radius 2 is 1.55 bits per heavy atom. The molecule has 22 heavy (non-hydrogen) atoms. The molecule has 0 aromatic heterocycles. The highest BCUT2D eigenvalue weighted by atomic mass is 32.1. The Kier molecular flexibility index (Phi) is 5.52. The zero-order valence-corrected chi connectivity index (χ0v) is 14.2. The van der Waals surface area contributed by atoms with E-state index >= 15 is 0 Å². The molecule has 1 aliphatic carbocycles. The van der Waals surface area contributed by atoms with Crippen molar-refractivity contribution >= 4 is 23.2 Å². The number of hydrogen-bond donors (Lipinski definition) is 1. The van der Waals surface area contributed by atoms with Crippen LogP contribution in [0.4, 0.5) is 0 Å². The second-order valence-corrected chi connectivity index (χ2v) is 7.17. The van der Waals surface area contributed by atoms with Crippen molar-refractivity contribution in [3.05, 3.63) is 0 Å². The molecule has 0 radical (unpaired) electrons. The number of nitrogens with zero attached hydrogens (tertiary/aromatic N) is 3. The maximum Gasteiger partial charge on any atom is 0.236 e. The Morgan fingerprint density at radius 1 is 0.909 bits per heavy atom. The molecule has 5 nitrogen and oxygen atoms in total. The summed E-state index contributed by atoms with van der Waals surface area (Å²) >= 11 is 5.46. The first-order valence-electron chi connectivity index (χ1n) is 8.78. The molecule has 0 atom stereocenters. The van der Waals surface area contributed by atoms with Crippen LogP contribution in [-0.4, -0.2) is 77.6 Å². The highest BCUT2D eigenvalue weighted by Gasteiger charge is 2.26. The molecule has 0 aromatic rings. The Bertz CT molecular complexity index is 397. The largest absolute Gasteiger partial charge is 0.360 e. The fraction of sp³-hybridized carbons (Fsp3) is 0.875. The van der Waals surface area contributed by atoms with Gasteiger partial charge in [0, 0.05) is 45.3 Å². The maximum absolute atomic E-state index is 12.4. The molecule has 124 valence electrons. The van der Waals surface area contributed by atoms with Gasteiger partial charge in [0.1, 0.15) is 0 Å². The number of carbonyl (C=O) groups is 1. The Labute approximate surface area is 139 Å². The topological polar surface area (TPSA) is 38.8 Å². The lowest BCUT2D eigenvalue weighted by Crippen LogP contribution is -2.54. The minimum Gasteiger partial charge on any atom is -0.360 e. The molecule has 1 saturated carbocycles. The normalized spacial score (nSPS) is 24.0. The first-order chi connectivity index (χ1) is 10.7. The monoisotopic (exact) mass is 324 g/mol. The lowest BCUT2D eigenvalue weighted by molar-refractivity contribution is -0.132. The number of amides is 1. The van der Waals surface area contributed by atoms with Gasteiger partial charge < -0.3 is 15.1 Å². The van der Waals surface area contributed by atoms with Gasteiger partial charge in [0.05, 0.1) is 6.54 Å². The molecule has 1 N–H and O–H groups in total. The third-order valence-corrected chi connectivity index (χ3v) is 5.26. The van der Waals surface area contributed by atoms with Crippen LogP contribution in [0.1, 0.15) is 38.5 Å². The van der Waals surface area contributed by atoms with Gasteiger partial charge in [0.25, 0.3) is 0 Å². The first-order valence-corrected chi connectivity index (χ1v) is 9.19. The average molecular weight is 324 g/mol. The highest BCUT2D eigenvalue weighted by molar-refractivity contribution is 7.80. The second-order valence-electron chi connectivity index (χ2n) is 6.78. The summed E-state index contributed by atoms with van der Waals surface area (Å²) in [5.74, 6) is 0.314. The van der Waals surface area contributed by atoms with Crippen molar-refractivity contribution in [1.29, 1.82) is 0 Å². The van der Waals surface area contributed by atoms with Crippen molar-refractivity contribution in [2.24, 2.45) is 0 Å². The van der Waals surface area contributed by atoms with E-state index in [0.717, 1.165) is 44.4 Å². The summed E-state index contributed by atoms with van der Waals surface area (Å²) in [6, 6.07) is 0.621. The minimum atomic E-state index is 0.314. The molecule has 3 fully saturated rings. The molecular formula is C16H28N4OS. The molecule has 2 heterocycles. The van der Waals surface area contributed by atoms with Gasteiger partial charge in [0.15, 0.2) is 5.11 Å². The first kappa shape index (κ1) is 16.0. The van der Waals surface area contributed by atoms with Crippen LogP contribution < -0.4 is 5.32 Å². The van der Waals surface area contributed by atoms with Crippen LogP contribution in [0.15, 0.2) is 0 Å². The van der Waals surface area contributed by atoms with Crippen molar-refractivity contribution in [1.82, 2.24) is 20.0 Å². The Hall–Kier alpha value is -0.880. The van der Waals surface area contributed by atoms with Crippen LogP contribution in [0.2, 0.25) is 0 Å². The molecule has 2 saturated heterocycles. The van der Waals surface area contributed by atoms with E-state index in [1.165, 1.54) is 38.5 Å². The third-order valence-electron chi connectivity index (χ3n) is 4.88. The standard InChI is InChI=1S/C16H28N4OS/c21-15(19-7-3-1-2-4-8-19)13-18-9-11-20(12-10-18)16(22)17-14-5-6-14/h14H,1-13H2,(H,17,22). The summed E-state index contributed by atoms with van der Waals surface area (Å²) < 4.78 is 0. The number of rotatable bonds is 3. The van der Waals surface area contributed by atoms with Gasteiger partial charge in [-0.3, -0.25) is 9.69 Å². The van der Waals surface area contributed by atoms with Gasteiger partial charge in [-0.1, -0.05) is 12.8 Å². The smallest absolute Gasteiger partial charge is 0.236 e. The van der Waals surface area contributed by atoms with Gasteiger partial charge in [-0.05, 0) is 37.9 Å². The molecule has 3 rings (SSSR count). The van der Waals surface area contributed by atoms with Crippen molar-refractivity contribution in [2.75, 3.05) is 45.8 Å². The van der Waals surface area contributed by atoms with Crippen molar-refractivity contribution in [2.45, 2.75) is 44.6 Å². The summed E-state index contributed by atoms with van der Waals surface area (Å²) in [7, 11) is 0. The SMILES string of the molecule is O=C(CN1CCN(C(=S)NC2CC2)CC1)N1CCCCCC1. The van der Waals surface area contributed by atoms with E-state index in [2.05, 4.69) is 20.0 Å². The molecule has 0 aromatic carbocycles. The van der Waals surface area contributed by atoms with Gasteiger partial charge in [-0.15, -0.1) is 0 Å². The molecule has 0 bridgehead atoms. The molecule has 0 spiro atoms. The summed E-state index contributed by atoms with van der Waals surface area (Å²) in [4.78, 5) is 19.0. The van der Waals surface area contributed by atoms with Crippen molar-refractivity contribution in [3.63, 3.8) is 0 Å². The van der Waals surface area contributed by atoms with E-state index in [0.29, 0.717) is 18.5 Å². The maximum atomic E-state index is 12.4. The average Bonchev–Trinajstić information content (AvgIpc) is 3.34. The van der Waals surface area contributed by atoms with E-state index in [1.807, 2.05) is 0 Å². The third kappa shape index (κ3) is 4.56. The molecule has 6 heteroatoms. The molecule has 2 aliphatic heterocycles. The summed E-state index contributed by atoms with van der Waals surface area (Å²) in [5, 5.41) is 4.31. The van der Waals surface area contributed by atoms with Crippen molar-refractivity contribution < 1.29 is 4.79 Å². The number of nitrogens with one attached hydrogen (secondary N) is 1. The zero-order chi connectivity index (χ0) is 15.4. The Morgan fingerprint density at radius 3 is 2.14 bits per heavy atom. The summed E-state index contributed by atoms with van der Waals surface area (Å²) in [6.45, 7) is 6.23. The number of hydrogen-bond acceptors (Lipinski definition) is 3. The molecular weight excluding hydrogens is 296 g/mol. The number of carbonyl (C=O) groups excluding carboxylic acids is 1. The number of piperazine rings is 1. The fourth-order valence-electron chi connectivity index (χ4n) is 3.21. The van der Waals surface area contributed by atoms with Gasteiger partial charge in [-0.25, -0.2) is 0 Å². The quantitative estimate of drug-likeness (QED) is 0.786. The van der Waals surface area contributed by atoms with Crippen LogP contribution in [-0.2, 0) is 4.79 Å².